The topological polar surface area (TPSA) is 89.1 Å². The third-order valence-corrected chi connectivity index (χ3v) is 1.96. The molecule has 1 aromatic rings. The molecule has 0 amide bonds. The van der Waals surface area contributed by atoms with Crippen molar-refractivity contribution in [1.29, 1.82) is 0 Å². The molecule has 14 heavy (non-hydrogen) atoms. The second kappa shape index (κ2) is 4.04. The molecular formula is C9H13N3O2. The molecule has 0 saturated heterocycles. The van der Waals surface area contributed by atoms with Gasteiger partial charge in [0.1, 0.15) is 5.56 Å². The second-order valence-electron chi connectivity index (χ2n) is 2.86. The third kappa shape index (κ3) is 1.81. The van der Waals surface area contributed by atoms with Gasteiger partial charge in [-0.3, -0.25) is 0 Å². The van der Waals surface area contributed by atoms with E-state index in [1.807, 2.05) is 13.8 Å². The predicted octanol–water partition coefficient (Wildman–Crippen LogP) is 0.882. The van der Waals surface area contributed by atoms with E-state index in [1.54, 1.807) is 0 Å². The molecule has 1 heterocycles. The lowest BCUT2D eigenvalue weighted by Gasteiger charge is -2.07. The maximum Gasteiger partial charge on any atom is 0.339 e. The highest BCUT2D eigenvalue weighted by molar-refractivity contribution is 5.90. The molecule has 5 heteroatoms. The minimum absolute atomic E-state index is 0.142. The molecule has 0 fully saturated rings. The number of nitrogens with zero attached hydrogens (tertiary/aromatic N) is 2. The molecule has 76 valence electrons. The van der Waals surface area contributed by atoms with Crippen molar-refractivity contribution < 1.29 is 9.90 Å². The fourth-order valence-electron chi connectivity index (χ4n) is 1.34. The first-order chi connectivity index (χ1) is 6.60. The van der Waals surface area contributed by atoms with E-state index in [1.165, 1.54) is 0 Å². The van der Waals surface area contributed by atoms with Crippen LogP contribution in [0.25, 0.3) is 0 Å². The maximum atomic E-state index is 11.0. The first kappa shape index (κ1) is 10.4. The van der Waals surface area contributed by atoms with Crippen molar-refractivity contribution >= 4 is 11.9 Å². The van der Waals surface area contributed by atoms with Gasteiger partial charge in [-0.1, -0.05) is 13.8 Å². The quantitative estimate of drug-likeness (QED) is 0.747. The molecule has 5 nitrogen and oxygen atoms in total. The summed E-state index contributed by atoms with van der Waals surface area (Å²) in [5.74, 6) is -0.845. The van der Waals surface area contributed by atoms with Crippen LogP contribution in [0.15, 0.2) is 0 Å². The molecule has 1 aromatic heterocycles. The Labute approximate surface area is 82.0 Å². The van der Waals surface area contributed by atoms with Gasteiger partial charge in [-0.2, -0.15) is 0 Å². The van der Waals surface area contributed by atoms with Gasteiger partial charge in [0, 0.05) is 0 Å². The average Bonchev–Trinajstić information content (AvgIpc) is 2.15. The summed E-state index contributed by atoms with van der Waals surface area (Å²) in [6.07, 6.45) is 1.09. The molecule has 0 aliphatic heterocycles. The molecule has 1 rings (SSSR count). The van der Waals surface area contributed by atoms with Crippen molar-refractivity contribution in [3.8, 4) is 0 Å². The van der Waals surface area contributed by atoms with Crippen molar-refractivity contribution in [2.75, 3.05) is 5.73 Å². The predicted molar refractivity (Wildman–Crippen MR) is 52.2 cm³/mol. The zero-order valence-corrected chi connectivity index (χ0v) is 8.24. The minimum Gasteiger partial charge on any atom is -0.478 e. The highest BCUT2D eigenvalue weighted by atomic mass is 16.4. The fourth-order valence-corrected chi connectivity index (χ4v) is 1.34. The second-order valence-corrected chi connectivity index (χ2v) is 2.86. The molecule has 0 unspecified atom stereocenters. The smallest absolute Gasteiger partial charge is 0.339 e. The number of rotatable bonds is 3. The lowest BCUT2D eigenvalue weighted by molar-refractivity contribution is 0.0693. The zero-order valence-electron chi connectivity index (χ0n) is 8.24. The van der Waals surface area contributed by atoms with Crippen molar-refractivity contribution in [2.45, 2.75) is 26.7 Å². The highest BCUT2D eigenvalue weighted by Crippen LogP contribution is 2.14. The summed E-state index contributed by atoms with van der Waals surface area (Å²) in [4.78, 5) is 18.8. The Balaban J connectivity index is 3.40. The van der Waals surface area contributed by atoms with Crippen LogP contribution in [0, 0.1) is 0 Å². The van der Waals surface area contributed by atoms with Gasteiger partial charge in [0.15, 0.2) is 0 Å². The van der Waals surface area contributed by atoms with Crippen LogP contribution in [0.5, 0.6) is 0 Å². The van der Waals surface area contributed by atoms with Crippen LogP contribution in [-0.2, 0) is 12.8 Å². The van der Waals surface area contributed by atoms with Crippen LogP contribution in [0.3, 0.4) is 0 Å². The standard InChI is InChI=1S/C9H13N3O2/c1-3-5-7(8(13)14)6(4-2)12-9(10)11-5/h3-4H2,1-2H3,(H,13,14)(H2,10,11,12). The number of nitrogen functional groups attached to an aromatic ring is 1. The Morgan fingerprint density at radius 2 is 1.71 bits per heavy atom. The first-order valence-electron chi connectivity index (χ1n) is 4.48. The molecule has 3 N–H and O–H groups in total. The molecule has 0 radical (unpaired) electrons. The van der Waals surface area contributed by atoms with Crippen LogP contribution in [-0.4, -0.2) is 21.0 Å². The van der Waals surface area contributed by atoms with Gasteiger partial charge < -0.3 is 10.8 Å². The molecule has 0 aliphatic rings. The van der Waals surface area contributed by atoms with Gasteiger partial charge in [0.2, 0.25) is 5.95 Å². The summed E-state index contributed by atoms with van der Waals surface area (Å²) in [6.45, 7) is 3.68. The van der Waals surface area contributed by atoms with Crippen molar-refractivity contribution in [2.24, 2.45) is 0 Å². The van der Waals surface area contributed by atoms with Crippen molar-refractivity contribution in [3.05, 3.63) is 17.0 Å². The van der Waals surface area contributed by atoms with Gasteiger partial charge in [-0.15, -0.1) is 0 Å². The summed E-state index contributed by atoms with van der Waals surface area (Å²) in [6, 6.07) is 0. The number of aromatic carboxylic acids is 1. The first-order valence-corrected chi connectivity index (χ1v) is 4.48. The van der Waals surface area contributed by atoms with E-state index < -0.39 is 5.97 Å². The van der Waals surface area contributed by atoms with E-state index in [4.69, 9.17) is 10.8 Å². The average molecular weight is 195 g/mol. The normalized spacial score (nSPS) is 10.1. The molecule has 0 spiro atoms. The van der Waals surface area contributed by atoms with Crippen LogP contribution >= 0.6 is 0 Å². The largest absolute Gasteiger partial charge is 0.478 e. The Bertz CT molecular complexity index is 338. The molecule has 0 atom stereocenters. The SMILES string of the molecule is CCc1nc(N)nc(CC)c1C(=O)O. The lowest BCUT2D eigenvalue weighted by atomic mass is 10.1. The van der Waals surface area contributed by atoms with Gasteiger partial charge in [-0.05, 0) is 12.8 Å². The van der Waals surface area contributed by atoms with Crippen molar-refractivity contribution in [1.82, 2.24) is 9.97 Å². The Kier molecular flexibility index (Phi) is 3.01. The molecule has 0 aromatic carbocycles. The summed E-state index contributed by atoms with van der Waals surface area (Å²) in [5.41, 5.74) is 6.67. The van der Waals surface area contributed by atoms with Crippen LogP contribution in [0.4, 0.5) is 5.95 Å². The Hall–Kier alpha value is -1.65. The zero-order chi connectivity index (χ0) is 10.7. The van der Waals surface area contributed by atoms with Crippen molar-refractivity contribution in [3.63, 3.8) is 0 Å². The third-order valence-electron chi connectivity index (χ3n) is 1.96. The van der Waals surface area contributed by atoms with E-state index in [0.717, 1.165) is 0 Å². The van der Waals surface area contributed by atoms with E-state index >= 15 is 0 Å². The summed E-state index contributed by atoms with van der Waals surface area (Å²) in [5, 5.41) is 8.98. The Morgan fingerprint density at radius 1 is 1.29 bits per heavy atom. The van der Waals surface area contributed by atoms with Gasteiger partial charge >= 0.3 is 5.97 Å². The molecule has 0 bridgehead atoms. The van der Waals surface area contributed by atoms with E-state index in [0.29, 0.717) is 24.2 Å². The van der Waals surface area contributed by atoms with Gasteiger partial charge in [-0.25, -0.2) is 14.8 Å². The number of nitrogens with two attached hydrogens (primary N) is 1. The van der Waals surface area contributed by atoms with E-state index in [9.17, 15) is 4.79 Å². The Morgan fingerprint density at radius 3 is 2.00 bits per heavy atom. The number of carbonyl (C=O) groups is 1. The van der Waals surface area contributed by atoms with Crippen LogP contribution < -0.4 is 5.73 Å². The number of carboxylic acids is 1. The number of carboxylic acid groups (broad SMARTS) is 1. The van der Waals surface area contributed by atoms with E-state index in [-0.39, 0.29) is 11.5 Å². The molecule has 0 aliphatic carbocycles. The summed E-state index contributed by atoms with van der Waals surface area (Å²) < 4.78 is 0. The number of anilines is 1. The number of aryl methyl sites for hydroxylation is 2. The van der Waals surface area contributed by atoms with Crippen LogP contribution in [0.2, 0.25) is 0 Å². The monoisotopic (exact) mass is 195 g/mol. The lowest BCUT2D eigenvalue weighted by Crippen LogP contribution is -2.13. The number of aromatic nitrogens is 2. The fraction of sp³-hybridized carbons (Fsp3) is 0.444. The molecule has 0 saturated carbocycles. The highest BCUT2D eigenvalue weighted by Gasteiger charge is 2.16. The van der Waals surface area contributed by atoms with Gasteiger partial charge in [0.05, 0.1) is 11.4 Å². The minimum atomic E-state index is -0.987. The molecular weight excluding hydrogens is 182 g/mol. The van der Waals surface area contributed by atoms with E-state index in [2.05, 4.69) is 9.97 Å². The summed E-state index contributed by atoms with van der Waals surface area (Å²) in [7, 11) is 0. The van der Waals surface area contributed by atoms with Crippen LogP contribution in [0.1, 0.15) is 35.6 Å². The summed E-state index contributed by atoms with van der Waals surface area (Å²) >= 11 is 0. The number of hydrogen-bond acceptors (Lipinski definition) is 4. The van der Waals surface area contributed by atoms with Gasteiger partial charge in [0.25, 0.3) is 0 Å². The number of hydrogen-bond donors (Lipinski definition) is 2. The maximum absolute atomic E-state index is 11.0.